The molecular formula is C19H34O5. The Morgan fingerprint density at radius 1 is 0.917 bits per heavy atom. The van der Waals surface area contributed by atoms with Gasteiger partial charge in [-0.15, -0.1) is 0 Å². The van der Waals surface area contributed by atoms with Crippen LogP contribution in [0, 0.1) is 10.8 Å². The van der Waals surface area contributed by atoms with Gasteiger partial charge in [-0.05, 0) is 44.9 Å². The van der Waals surface area contributed by atoms with Crippen molar-refractivity contribution < 1.29 is 23.9 Å². The molecule has 5 heteroatoms. The largest absolute Gasteiger partial charge is 0.469 e. The van der Waals surface area contributed by atoms with Gasteiger partial charge in [0.05, 0.1) is 19.1 Å². The lowest BCUT2D eigenvalue weighted by Gasteiger charge is -2.22. The summed E-state index contributed by atoms with van der Waals surface area (Å²) in [5, 5.41) is 0. The van der Waals surface area contributed by atoms with Crippen molar-refractivity contribution in [2.45, 2.75) is 79.1 Å². The molecule has 0 spiro atoms. The Morgan fingerprint density at radius 2 is 1.46 bits per heavy atom. The van der Waals surface area contributed by atoms with E-state index in [1.54, 1.807) is 0 Å². The van der Waals surface area contributed by atoms with Gasteiger partial charge in [-0.2, -0.15) is 0 Å². The molecule has 0 radical (unpaired) electrons. The molecule has 0 saturated heterocycles. The van der Waals surface area contributed by atoms with E-state index in [4.69, 9.17) is 9.47 Å². The summed E-state index contributed by atoms with van der Waals surface area (Å²) < 4.78 is 9.59. The Labute approximate surface area is 146 Å². The van der Waals surface area contributed by atoms with E-state index in [1.165, 1.54) is 7.11 Å². The van der Waals surface area contributed by atoms with Gasteiger partial charge >= 0.3 is 5.97 Å². The number of methoxy groups -OCH3 is 1. The van der Waals surface area contributed by atoms with E-state index in [1.807, 2.05) is 13.8 Å². The molecule has 140 valence electrons. The van der Waals surface area contributed by atoms with Gasteiger partial charge in [-0.3, -0.25) is 14.4 Å². The molecule has 0 rings (SSSR count). The van der Waals surface area contributed by atoms with Gasteiger partial charge in [0.1, 0.15) is 5.78 Å². The summed E-state index contributed by atoms with van der Waals surface area (Å²) in [6, 6.07) is 0. The number of carbonyl (C=O) groups excluding carboxylic acids is 3. The highest BCUT2D eigenvalue weighted by molar-refractivity contribution is 5.78. The first kappa shape index (κ1) is 22.6. The van der Waals surface area contributed by atoms with E-state index >= 15 is 0 Å². The van der Waals surface area contributed by atoms with Gasteiger partial charge in [0.15, 0.2) is 0 Å². The normalized spacial score (nSPS) is 11.9. The molecule has 0 aromatic heterocycles. The predicted molar refractivity (Wildman–Crippen MR) is 93.5 cm³/mol. The number of carbonyl (C=O) groups is 3. The topological polar surface area (TPSA) is 69.7 Å². The Kier molecular flexibility index (Phi) is 10.6. The molecule has 0 fully saturated rings. The second-order valence-corrected chi connectivity index (χ2v) is 7.90. The molecule has 0 heterocycles. The van der Waals surface area contributed by atoms with Gasteiger partial charge < -0.3 is 9.47 Å². The summed E-state index contributed by atoms with van der Waals surface area (Å²) in [5.74, 6) is 0.0859. The lowest BCUT2D eigenvalue weighted by atomic mass is 9.86. The fourth-order valence-electron chi connectivity index (χ4n) is 2.65. The molecule has 0 amide bonds. The SMILES string of the molecule is COC(=O)C(C)(C)CCCCC(=O)CCCCC(C)(C)COC=O. The fourth-order valence-corrected chi connectivity index (χ4v) is 2.65. The molecule has 0 aromatic rings. The number of esters is 1. The van der Waals surface area contributed by atoms with Crippen LogP contribution in [-0.4, -0.2) is 31.9 Å². The monoisotopic (exact) mass is 342 g/mol. The molecule has 0 aliphatic rings. The van der Waals surface area contributed by atoms with Crippen molar-refractivity contribution in [3.05, 3.63) is 0 Å². The number of hydrogen-bond donors (Lipinski definition) is 0. The molecule has 0 aliphatic heterocycles. The molecule has 0 bridgehead atoms. The summed E-state index contributed by atoms with van der Waals surface area (Å²) in [7, 11) is 1.40. The second-order valence-electron chi connectivity index (χ2n) is 7.90. The molecular weight excluding hydrogens is 308 g/mol. The van der Waals surface area contributed by atoms with Gasteiger partial charge in [-0.25, -0.2) is 0 Å². The van der Waals surface area contributed by atoms with E-state index < -0.39 is 5.41 Å². The minimum absolute atomic E-state index is 0.0383. The van der Waals surface area contributed by atoms with E-state index in [9.17, 15) is 14.4 Å². The second kappa shape index (κ2) is 11.2. The summed E-state index contributed by atoms with van der Waals surface area (Å²) in [6.45, 7) is 8.75. The number of unbranched alkanes of at least 4 members (excludes halogenated alkanes) is 2. The maximum atomic E-state index is 11.9. The maximum Gasteiger partial charge on any atom is 0.311 e. The van der Waals surface area contributed by atoms with E-state index in [0.29, 0.717) is 25.9 Å². The number of Topliss-reactive ketones (excluding diaryl/α,β-unsaturated/α-hetero) is 1. The molecule has 0 N–H and O–H groups in total. The van der Waals surface area contributed by atoms with Crippen LogP contribution in [0.2, 0.25) is 0 Å². The third kappa shape index (κ3) is 10.4. The van der Waals surface area contributed by atoms with Crippen molar-refractivity contribution in [2.75, 3.05) is 13.7 Å². The predicted octanol–water partition coefficient (Wildman–Crippen LogP) is 4.07. The van der Waals surface area contributed by atoms with Crippen LogP contribution in [0.3, 0.4) is 0 Å². The van der Waals surface area contributed by atoms with Gasteiger partial charge in [0.2, 0.25) is 0 Å². The highest BCUT2D eigenvalue weighted by Crippen LogP contribution is 2.26. The van der Waals surface area contributed by atoms with Crippen LogP contribution in [0.15, 0.2) is 0 Å². The first-order chi connectivity index (χ1) is 11.1. The van der Waals surface area contributed by atoms with Gasteiger partial charge in [0.25, 0.3) is 6.47 Å². The first-order valence-corrected chi connectivity index (χ1v) is 8.80. The number of ether oxygens (including phenoxy) is 2. The van der Waals surface area contributed by atoms with Gasteiger partial charge in [-0.1, -0.05) is 26.7 Å². The summed E-state index contributed by atoms with van der Waals surface area (Å²) >= 11 is 0. The lowest BCUT2D eigenvalue weighted by molar-refractivity contribution is -0.151. The third-order valence-corrected chi connectivity index (χ3v) is 4.35. The third-order valence-electron chi connectivity index (χ3n) is 4.35. The molecule has 0 atom stereocenters. The van der Waals surface area contributed by atoms with Crippen molar-refractivity contribution in [1.82, 2.24) is 0 Å². The Bertz CT molecular complexity index is 399. The van der Waals surface area contributed by atoms with Crippen molar-refractivity contribution in [1.29, 1.82) is 0 Å². The van der Waals surface area contributed by atoms with Crippen molar-refractivity contribution >= 4 is 18.2 Å². The van der Waals surface area contributed by atoms with E-state index in [-0.39, 0.29) is 17.2 Å². The van der Waals surface area contributed by atoms with Crippen LogP contribution in [0.4, 0.5) is 0 Å². The molecule has 0 aliphatic carbocycles. The van der Waals surface area contributed by atoms with Crippen LogP contribution in [0.25, 0.3) is 0 Å². The van der Waals surface area contributed by atoms with E-state index in [2.05, 4.69) is 13.8 Å². The smallest absolute Gasteiger partial charge is 0.311 e. The standard InChI is InChI=1S/C19H34O5/c1-18(2,14-24-15-20)12-8-6-10-16(21)11-7-9-13-19(3,4)17(22)23-5/h15H,6-14H2,1-5H3. The number of hydrogen-bond acceptors (Lipinski definition) is 5. The molecule has 0 aromatic carbocycles. The summed E-state index contributed by atoms with van der Waals surface area (Å²) in [6.07, 6.45) is 6.34. The van der Waals surface area contributed by atoms with Crippen LogP contribution < -0.4 is 0 Å². The lowest BCUT2D eigenvalue weighted by Crippen LogP contribution is -2.25. The first-order valence-electron chi connectivity index (χ1n) is 8.80. The van der Waals surface area contributed by atoms with Crippen LogP contribution >= 0.6 is 0 Å². The molecule has 0 saturated carbocycles. The Balaban J connectivity index is 3.78. The number of ketones is 1. The zero-order chi connectivity index (χ0) is 18.6. The molecule has 24 heavy (non-hydrogen) atoms. The van der Waals surface area contributed by atoms with Crippen molar-refractivity contribution in [3.63, 3.8) is 0 Å². The zero-order valence-corrected chi connectivity index (χ0v) is 16.0. The Hall–Kier alpha value is -1.39. The van der Waals surface area contributed by atoms with Crippen LogP contribution in [0.5, 0.6) is 0 Å². The minimum Gasteiger partial charge on any atom is -0.469 e. The average Bonchev–Trinajstić information content (AvgIpc) is 2.53. The van der Waals surface area contributed by atoms with E-state index in [0.717, 1.165) is 38.5 Å². The minimum atomic E-state index is -0.479. The number of rotatable bonds is 14. The summed E-state index contributed by atoms with van der Waals surface area (Å²) in [4.78, 5) is 33.7. The highest BCUT2D eigenvalue weighted by atomic mass is 16.5. The summed E-state index contributed by atoms with van der Waals surface area (Å²) in [5.41, 5.74) is -0.517. The maximum absolute atomic E-state index is 11.9. The van der Waals surface area contributed by atoms with Crippen LogP contribution in [0.1, 0.15) is 79.1 Å². The van der Waals surface area contributed by atoms with Gasteiger partial charge in [0, 0.05) is 12.8 Å². The van der Waals surface area contributed by atoms with Crippen molar-refractivity contribution in [2.24, 2.45) is 10.8 Å². The zero-order valence-electron chi connectivity index (χ0n) is 16.0. The van der Waals surface area contributed by atoms with Crippen LogP contribution in [-0.2, 0) is 23.9 Å². The molecule has 0 unspecified atom stereocenters. The fraction of sp³-hybridized carbons (Fsp3) is 0.842. The quantitative estimate of drug-likeness (QED) is 0.270. The Morgan fingerprint density at radius 3 is 1.96 bits per heavy atom. The highest BCUT2D eigenvalue weighted by Gasteiger charge is 2.27. The molecule has 5 nitrogen and oxygen atoms in total. The van der Waals surface area contributed by atoms with Crippen molar-refractivity contribution in [3.8, 4) is 0 Å². The average molecular weight is 342 g/mol.